The Labute approximate surface area is 148 Å². The van der Waals surface area contributed by atoms with E-state index in [0.29, 0.717) is 16.7 Å². The van der Waals surface area contributed by atoms with Crippen LogP contribution in [0.2, 0.25) is 5.02 Å². The Morgan fingerprint density at radius 1 is 1.12 bits per heavy atom. The molecule has 25 heavy (non-hydrogen) atoms. The molecule has 0 amide bonds. The predicted octanol–water partition coefficient (Wildman–Crippen LogP) is 4.28. The van der Waals surface area contributed by atoms with Crippen molar-refractivity contribution in [1.82, 2.24) is 19.7 Å². The molecular formula is C18H15ClN4O2. The number of nitrogens with zero attached hydrogens (tertiary/aromatic N) is 3. The SMILES string of the molecule is CC(C)n1c(=O)[nH]c2cc(-c3noc(-c4ccc(Cl)cc4)n3)ccc21. The summed E-state index contributed by atoms with van der Waals surface area (Å²) in [6, 6.07) is 12.9. The molecule has 0 bridgehead atoms. The largest absolute Gasteiger partial charge is 0.334 e. The van der Waals surface area contributed by atoms with Crippen LogP contribution in [0.25, 0.3) is 33.9 Å². The van der Waals surface area contributed by atoms with Gasteiger partial charge in [0.15, 0.2) is 0 Å². The Bertz CT molecular complexity index is 1110. The number of hydrogen-bond donors (Lipinski definition) is 1. The van der Waals surface area contributed by atoms with Gasteiger partial charge in [0.2, 0.25) is 5.82 Å². The first kappa shape index (κ1) is 15.7. The molecule has 126 valence electrons. The first-order valence-corrected chi connectivity index (χ1v) is 8.25. The molecule has 0 atom stereocenters. The number of halogens is 1. The summed E-state index contributed by atoms with van der Waals surface area (Å²) in [7, 11) is 0. The number of nitrogens with one attached hydrogen (secondary N) is 1. The van der Waals surface area contributed by atoms with Crippen molar-refractivity contribution in [2.75, 3.05) is 0 Å². The van der Waals surface area contributed by atoms with Crippen molar-refractivity contribution < 1.29 is 4.52 Å². The molecule has 2 heterocycles. The minimum Gasteiger partial charge on any atom is -0.334 e. The summed E-state index contributed by atoms with van der Waals surface area (Å²) in [5, 5.41) is 4.68. The molecule has 0 saturated carbocycles. The van der Waals surface area contributed by atoms with E-state index >= 15 is 0 Å². The van der Waals surface area contributed by atoms with Gasteiger partial charge in [0, 0.05) is 22.2 Å². The summed E-state index contributed by atoms with van der Waals surface area (Å²) in [5.41, 5.74) is 3.04. The number of aromatic amines is 1. The number of fused-ring (bicyclic) bond motifs is 1. The van der Waals surface area contributed by atoms with Crippen molar-refractivity contribution in [2.24, 2.45) is 0 Å². The number of hydrogen-bond acceptors (Lipinski definition) is 4. The van der Waals surface area contributed by atoms with Gasteiger partial charge in [-0.05, 0) is 56.3 Å². The maximum absolute atomic E-state index is 12.1. The summed E-state index contributed by atoms with van der Waals surface area (Å²) in [6.07, 6.45) is 0. The molecule has 2 aromatic carbocycles. The summed E-state index contributed by atoms with van der Waals surface area (Å²) in [5.74, 6) is 0.880. The molecule has 0 fully saturated rings. The maximum atomic E-state index is 12.1. The first-order chi connectivity index (χ1) is 12.0. The fourth-order valence-electron chi connectivity index (χ4n) is 2.83. The number of H-pyrrole nitrogens is 1. The molecule has 0 radical (unpaired) electrons. The van der Waals surface area contributed by atoms with Crippen molar-refractivity contribution in [2.45, 2.75) is 19.9 Å². The normalized spacial score (nSPS) is 11.5. The molecule has 6 nitrogen and oxygen atoms in total. The Morgan fingerprint density at radius 2 is 1.84 bits per heavy atom. The van der Waals surface area contributed by atoms with Crippen LogP contribution in [0, 0.1) is 0 Å². The highest BCUT2D eigenvalue weighted by Gasteiger charge is 2.14. The quantitative estimate of drug-likeness (QED) is 0.595. The van der Waals surface area contributed by atoms with Crippen LogP contribution in [0.1, 0.15) is 19.9 Å². The van der Waals surface area contributed by atoms with Gasteiger partial charge < -0.3 is 9.51 Å². The number of benzene rings is 2. The Kier molecular flexibility index (Phi) is 3.69. The van der Waals surface area contributed by atoms with Crippen LogP contribution in [0.15, 0.2) is 51.8 Å². The minimum atomic E-state index is -0.128. The van der Waals surface area contributed by atoms with Crippen LogP contribution in [0.4, 0.5) is 0 Å². The van der Waals surface area contributed by atoms with E-state index in [4.69, 9.17) is 16.1 Å². The summed E-state index contributed by atoms with van der Waals surface area (Å²) in [4.78, 5) is 19.4. The summed E-state index contributed by atoms with van der Waals surface area (Å²) in [6.45, 7) is 3.94. The van der Waals surface area contributed by atoms with E-state index in [1.807, 2.05) is 44.2 Å². The van der Waals surface area contributed by atoms with Gasteiger partial charge in [-0.25, -0.2) is 4.79 Å². The van der Waals surface area contributed by atoms with Crippen molar-refractivity contribution in [3.8, 4) is 22.8 Å². The van der Waals surface area contributed by atoms with Crippen molar-refractivity contribution in [1.29, 1.82) is 0 Å². The predicted molar refractivity (Wildman–Crippen MR) is 96.7 cm³/mol. The van der Waals surface area contributed by atoms with Crippen LogP contribution < -0.4 is 5.69 Å². The van der Waals surface area contributed by atoms with E-state index in [9.17, 15) is 4.79 Å². The molecular weight excluding hydrogens is 340 g/mol. The average molecular weight is 355 g/mol. The third kappa shape index (κ3) is 2.74. The van der Waals surface area contributed by atoms with Crippen LogP contribution in [0.3, 0.4) is 0 Å². The average Bonchev–Trinajstić information content (AvgIpc) is 3.18. The highest BCUT2D eigenvalue weighted by Crippen LogP contribution is 2.25. The van der Waals surface area contributed by atoms with Gasteiger partial charge in [0.1, 0.15) is 0 Å². The molecule has 2 aromatic heterocycles. The number of imidazole rings is 1. The van der Waals surface area contributed by atoms with E-state index < -0.39 is 0 Å². The van der Waals surface area contributed by atoms with Gasteiger partial charge in [-0.15, -0.1) is 0 Å². The third-order valence-corrected chi connectivity index (χ3v) is 4.26. The highest BCUT2D eigenvalue weighted by molar-refractivity contribution is 6.30. The molecule has 0 spiro atoms. The molecule has 4 rings (SSSR count). The minimum absolute atomic E-state index is 0.0776. The van der Waals surface area contributed by atoms with Crippen molar-refractivity contribution in [3.05, 3.63) is 58.0 Å². The van der Waals surface area contributed by atoms with E-state index in [1.54, 1.807) is 16.7 Å². The van der Waals surface area contributed by atoms with Crippen LogP contribution in [-0.4, -0.2) is 19.7 Å². The molecule has 4 aromatic rings. The van der Waals surface area contributed by atoms with E-state index in [1.165, 1.54) is 0 Å². The van der Waals surface area contributed by atoms with E-state index in [0.717, 1.165) is 22.2 Å². The maximum Gasteiger partial charge on any atom is 0.326 e. The number of aromatic nitrogens is 4. The molecule has 1 N–H and O–H groups in total. The zero-order valence-corrected chi connectivity index (χ0v) is 14.4. The van der Waals surface area contributed by atoms with Crippen molar-refractivity contribution >= 4 is 22.6 Å². The lowest BCUT2D eigenvalue weighted by molar-refractivity contribution is 0.432. The zero-order chi connectivity index (χ0) is 17.6. The fourth-order valence-corrected chi connectivity index (χ4v) is 2.96. The van der Waals surface area contributed by atoms with E-state index in [2.05, 4.69) is 15.1 Å². The topological polar surface area (TPSA) is 76.7 Å². The van der Waals surface area contributed by atoms with Gasteiger partial charge in [0.05, 0.1) is 11.0 Å². The van der Waals surface area contributed by atoms with Gasteiger partial charge in [0.25, 0.3) is 5.89 Å². The van der Waals surface area contributed by atoms with Gasteiger partial charge in [-0.2, -0.15) is 4.98 Å². The Balaban J connectivity index is 1.75. The molecule has 0 unspecified atom stereocenters. The lowest BCUT2D eigenvalue weighted by atomic mass is 10.2. The second kappa shape index (κ2) is 5.89. The molecule has 7 heteroatoms. The second-order valence-corrected chi connectivity index (χ2v) is 6.49. The van der Waals surface area contributed by atoms with Crippen LogP contribution >= 0.6 is 11.6 Å². The Morgan fingerprint density at radius 3 is 2.56 bits per heavy atom. The van der Waals surface area contributed by atoms with E-state index in [-0.39, 0.29) is 11.7 Å². The Hall–Kier alpha value is -2.86. The third-order valence-electron chi connectivity index (χ3n) is 4.01. The number of rotatable bonds is 3. The molecule has 0 aliphatic carbocycles. The summed E-state index contributed by atoms with van der Waals surface area (Å²) >= 11 is 5.89. The molecule has 0 aliphatic heterocycles. The highest BCUT2D eigenvalue weighted by atomic mass is 35.5. The van der Waals surface area contributed by atoms with Crippen LogP contribution in [0.5, 0.6) is 0 Å². The monoisotopic (exact) mass is 354 g/mol. The fraction of sp³-hybridized carbons (Fsp3) is 0.167. The van der Waals surface area contributed by atoms with Crippen molar-refractivity contribution in [3.63, 3.8) is 0 Å². The van der Waals surface area contributed by atoms with Crippen LogP contribution in [-0.2, 0) is 0 Å². The second-order valence-electron chi connectivity index (χ2n) is 6.06. The molecule has 0 saturated heterocycles. The summed E-state index contributed by atoms with van der Waals surface area (Å²) < 4.78 is 7.06. The smallest absolute Gasteiger partial charge is 0.326 e. The lowest BCUT2D eigenvalue weighted by Gasteiger charge is -2.06. The zero-order valence-electron chi connectivity index (χ0n) is 13.7. The van der Waals surface area contributed by atoms with Gasteiger partial charge in [-0.1, -0.05) is 16.8 Å². The molecule has 0 aliphatic rings. The standard InChI is InChI=1S/C18H15ClN4O2/c1-10(2)23-15-8-5-12(9-14(15)20-18(23)24)16-21-17(25-22-16)11-3-6-13(19)7-4-11/h3-10H,1-2H3,(H,20,24). The lowest BCUT2D eigenvalue weighted by Crippen LogP contribution is -2.18. The van der Waals surface area contributed by atoms with Gasteiger partial charge in [-0.3, -0.25) is 4.57 Å². The first-order valence-electron chi connectivity index (χ1n) is 7.87. The van der Waals surface area contributed by atoms with Gasteiger partial charge >= 0.3 is 5.69 Å².